The van der Waals surface area contributed by atoms with Gasteiger partial charge in [0.15, 0.2) is 11.5 Å². The Balaban J connectivity index is 1.14. The lowest BCUT2D eigenvalue weighted by atomic mass is 9.93. The summed E-state index contributed by atoms with van der Waals surface area (Å²) in [5, 5.41) is 9.53. The normalized spacial score (nSPS) is 11.6. The molecule has 5 nitrogen and oxygen atoms in total. The van der Waals surface area contributed by atoms with Gasteiger partial charge in [0.25, 0.3) is 0 Å². The van der Waals surface area contributed by atoms with Gasteiger partial charge in [0, 0.05) is 40.2 Å². The number of nitrogens with zero attached hydrogens (tertiary/aromatic N) is 5. The predicted molar refractivity (Wildman–Crippen MR) is 226 cm³/mol. The highest BCUT2D eigenvalue weighted by Gasteiger charge is 2.19. The molecule has 55 heavy (non-hydrogen) atoms. The predicted octanol–water partition coefficient (Wildman–Crippen LogP) is 12.5. The van der Waals surface area contributed by atoms with Crippen LogP contribution in [-0.2, 0) is 0 Å². The average molecular weight is 702 g/mol. The van der Waals surface area contributed by atoms with Crippen LogP contribution in [0.4, 0.5) is 0 Å². The van der Waals surface area contributed by atoms with Crippen LogP contribution in [0, 0.1) is 0 Å². The van der Waals surface area contributed by atoms with E-state index in [1.165, 1.54) is 32.3 Å². The van der Waals surface area contributed by atoms with E-state index in [9.17, 15) is 0 Å². The summed E-state index contributed by atoms with van der Waals surface area (Å²) in [6.45, 7) is 0. The maximum atomic E-state index is 5.37. The quantitative estimate of drug-likeness (QED) is 0.168. The van der Waals surface area contributed by atoms with Crippen molar-refractivity contribution in [2.24, 2.45) is 0 Å². The van der Waals surface area contributed by atoms with Crippen molar-refractivity contribution in [1.82, 2.24) is 24.3 Å². The summed E-state index contributed by atoms with van der Waals surface area (Å²) >= 11 is 0. The van der Waals surface area contributed by atoms with Crippen LogP contribution in [0.5, 0.6) is 0 Å². The molecule has 0 saturated carbocycles. The first-order chi connectivity index (χ1) is 27.3. The van der Waals surface area contributed by atoms with Gasteiger partial charge in [-0.3, -0.25) is 9.38 Å². The maximum Gasteiger partial charge on any atom is 0.160 e. The van der Waals surface area contributed by atoms with E-state index in [0.29, 0.717) is 5.82 Å². The van der Waals surface area contributed by atoms with Crippen LogP contribution in [-0.4, -0.2) is 24.3 Å². The lowest BCUT2D eigenvalue weighted by Crippen LogP contribution is -1.98. The first-order valence-corrected chi connectivity index (χ1v) is 18.5. The van der Waals surface area contributed by atoms with Crippen LogP contribution < -0.4 is 0 Å². The number of fused-ring (bicyclic) bond motifs is 7. The van der Waals surface area contributed by atoms with E-state index in [1.807, 2.05) is 24.4 Å². The molecule has 3 aromatic heterocycles. The van der Waals surface area contributed by atoms with Gasteiger partial charge in [-0.05, 0) is 61.3 Å². The summed E-state index contributed by atoms with van der Waals surface area (Å²) in [7, 11) is 0. The fourth-order valence-corrected chi connectivity index (χ4v) is 8.14. The number of aromatic nitrogens is 5. The molecule has 256 valence electrons. The third kappa shape index (κ3) is 5.17. The molecule has 0 spiro atoms. The van der Waals surface area contributed by atoms with Crippen molar-refractivity contribution in [2.45, 2.75) is 0 Å². The Morgan fingerprint density at radius 1 is 0.400 bits per heavy atom. The van der Waals surface area contributed by atoms with Crippen molar-refractivity contribution >= 4 is 48.7 Å². The minimum atomic E-state index is 0.666. The Morgan fingerprint density at radius 3 is 1.51 bits per heavy atom. The zero-order valence-electron chi connectivity index (χ0n) is 29.6. The van der Waals surface area contributed by atoms with E-state index in [2.05, 4.69) is 161 Å². The molecule has 0 aliphatic rings. The Bertz CT molecular complexity index is 3120. The summed E-state index contributed by atoms with van der Waals surface area (Å²) in [5.41, 5.74) is 9.65. The molecule has 0 unspecified atom stereocenters. The SMILES string of the molecule is c1ccc(-c2nc3cnccn3c2-c2ccc(-c3nc(-c4cc5ccccc5c5ccccc45)cc(-c4cc5ccccc5c5ccccc45)n3)cc2)cc1. The molecule has 0 aliphatic heterocycles. The Labute approximate surface area is 316 Å². The minimum Gasteiger partial charge on any atom is -0.296 e. The van der Waals surface area contributed by atoms with E-state index >= 15 is 0 Å². The minimum absolute atomic E-state index is 0.666. The van der Waals surface area contributed by atoms with Crippen molar-refractivity contribution in [3.63, 3.8) is 0 Å². The lowest BCUT2D eigenvalue weighted by Gasteiger charge is -2.15. The highest BCUT2D eigenvalue weighted by atomic mass is 15.0. The summed E-state index contributed by atoms with van der Waals surface area (Å²) in [6, 6.07) is 60.1. The number of hydrogen-bond donors (Lipinski definition) is 0. The third-order valence-corrected chi connectivity index (χ3v) is 10.7. The summed E-state index contributed by atoms with van der Waals surface area (Å²) in [5.74, 6) is 0.666. The van der Waals surface area contributed by atoms with Crippen molar-refractivity contribution in [3.8, 4) is 56.4 Å². The molecule has 0 fully saturated rings. The smallest absolute Gasteiger partial charge is 0.160 e. The number of benzene rings is 8. The number of rotatable bonds is 5. The molecule has 0 saturated heterocycles. The van der Waals surface area contributed by atoms with Crippen LogP contribution in [0.25, 0.3) is 105 Å². The second kappa shape index (κ2) is 12.6. The standard InChI is InChI=1S/C50H31N5/c1-2-12-32(13-3-1)48-49(55-27-26-51-31-47(55)54-48)33-22-24-34(25-23-33)50-52-45(43-28-35-14-4-6-16-37(35)39-18-8-10-20-41(39)43)30-46(53-50)44-29-36-15-5-7-17-38(36)40-19-9-11-21-42(40)44/h1-31H. The van der Waals surface area contributed by atoms with Gasteiger partial charge < -0.3 is 0 Å². The molecule has 0 N–H and O–H groups in total. The molecule has 11 rings (SSSR count). The van der Waals surface area contributed by atoms with Crippen LogP contribution in [0.1, 0.15) is 0 Å². The molecule has 3 heterocycles. The van der Waals surface area contributed by atoms with Crippen molar-refractivity contribution < 1.29 is 0 Å². The molecule has 0 amide bonds. The monoisotopic (exact) mass is 701 g/mol. The van der Waals surface area contributed by atoms with Crippen LogP contribution in [0.15, 0.2) is 188 Å². The van der Waals surface area contributed by atoms with Crippen molar-refractivity contribution in [2.75, 3.05) is 0 Å². The highest BCUT2D eigenvalue weighted by Crippen LogP contribution is 2.40. The van der Waals surface area contributed by atoms with Crippen LogP contribution in [0.3, 0.4) is 0 Å². The van der Waals surface area contributed by atoms with Crippen LogP contribution >= 0.6 is 0 Å². The molecule has 8 aromatic carbocycles. The first kappa shape index (κ1) is 31.1. The molecule has 0 atom stereocenters. The molecular weight excluding hydrogens is 671 g/mol. The molecule has 11 aromatic rings. The van der Waals surface area contributed by atoms with E-state index in [0.717, 1.165) is 67.0 Å². The molecular formula is C50H31N5. The Hall–Kier alpha value is -7.50. The topological polar surface area (TPSA) is 56.0 Å². The lowest BCUT2D eigenvalue weighted by molar-refractivity contribution is 1.13. The summed E-state index contributed by atoms with van der Waals surface area (Å²) in [4.78, 5) is 20.1. The van der Waals surface area contributed by atoms with Gasteiger partial charge in [-0.2, -0.15) is 0 Å². The van der Waals surface area contributed by atoms with Gasteiger partial charge in [-0.1, -0.05) is 152 Å². The fraction of sp³-hybridized carbons (Fsp3) is 0. The van der Waals surface area contributed by atoms with Crippen molar-refractivity contribution in [1.29, 1.82) is 0 Å². The first-order valence-electron chi connectivity index (χ1n) is 18.5. The van der Waals surface area contributed by atoms with E-state index in [-0.39, 0.29) is 0 Å². The van der Waals surface area contributed by atoms with E-state index in [4.69, 9.17) is 15.0 Å². The van der Waals surface area contributed by atoms with Gasteiger partial charge in [-0.15, -0.1) is 0 Å². The fourth-order valence-electron chi connectivity index (χ4n) is 8.14. The molecule has 0 bridgehead atoms. The molecule has 0 radical (unpaired) electrons. The average Bonchev–Trinajstić information content (AvgIpc) is 3.66. The van der Waals surface area contributed by atoms with E-state index < -0.39 is 0 Å². The van der Waals surface area contributed by atoms with Gasteiger partial charge in [0.1, 0.15) is 0 Å². The number of imidazole rings is 1. The second-order valence-corrected chi connectivity index (χ2v) is 13.9. The zero-order chi connectivity index (χ0) is 36.3. The van der Waals surface area contributed by atoms with Crippen molar-refractivity contribution in [3.05, 3.63) is 188 Å². The zero-order valence-corrected chi connectivity index (χ0v) is 29.6. The molecule has 5 heteroatoms. The second-order valence-electron chi connectivity index (χ2n) is 13.9. The molecule has 0 aliphatic carbocycles. The van der Waals surface area contributed by atoms with Gasteiger partial charge in [0.2, 0.25) is 0 Å². The van der Waals surface area contributed by atoms with Gasteiger partial charge in [-0.25, -0.2) is 15.0 Å². The number of hydrogen-bond acceptors (Lipinski definition) is 4. The summed E-state index contributed by atoms with van der Waals surface area (Å²) in [6.07, 6.45) is 5.58. The third-order valence-electron chi connectivity index (χ3n) is 10.7. The summed E-state index contributed by atoms with van der Waals surface area (Å²) < 4.78 is 2.11. The maximum absolute atomic E-state index is 5.37. The van der Waals surface area contributed by atoms with Gasteiger partial charge in [0.05, 0.1) is 29.0 Å². The van der Waals surface area contributed by atoms with Gasteiger partial charge >= 0.3 is 0 Å². The Kier molecular flexibility index (Phi) is 7.10. The van der Waals surface area contributed by atoms with Crippen LogP contribution in [0.2, 0.25) is 0 Å². The highest BCUT2D eigenvalue weighted by molar-refractivity contribution is 6.15. The Morgan fingerprint density at radius 2 is 0.909 bits per heavy atom. The largest absolute Gasteiger partial charge is 0.296 e. The van der Waals surface area contributed by atoms with E-state index in [1.54, 1.807) is 12.4 Å².